The molecular formula is C22H21N3O3. The molecule has 2 aromatic carbocycles. The van der Waals surface area contributed by atoms with Crippen LogP contribution in [-0.4, -0.2) is 29.9 Å². The van der Waals surface area contributed by atoms with Crippen molar-refractivity contribution < 1.29 is 14.3 Å². The van der Waals surface area contributed by atoms with Crippen LogP contribution in [0, 0.1) is 11.3 Å². The zero-order valence-electron chi connectivity index (χ0n) is 15.4. The first kappa shape index (κ1) is 19.2. The Bertz CT molecular complexity index is 913. The van der Waals surface area contributed by atoms with Gasteiger partial charge < -0.3 is 15.0 Å². The van der Waals surface area contributed by atoms with Gasteiger partial charge in [0.05, 0.1) is 0 Å². The number of hydrogen-bond donors (Lipinski definition) is 1. The molecule has 0 bridgehead atoms. The van der Waals surface area contributed by atoms with E-state index in [2.05, 4.69) is 5.32 Å². The van der Waals surface area contributed by atoms with Crippen LogP contribution in [-0.2, 0) is 16.1 Å². The minimum absolute atomic E-state index is 0.00256. The number of amides is 2. The molecule has 1 heterocycles. The second-order valence-electron chi connectivity index (χ2n) is 6.46. The minimum atomic E-state index is -0.237. The Kier molecular flexibility index (Phi) is 6.42. The number of nitrogens with one attached hydrogen (secondary N) is 1. The van der Waals surface area contributed by atoms with Crippen LogP contribution in [0.4, 0.5) is 5.69 Å². The molecule has 0 atom stereocenters. The SMILES string of the molecule is N#CCOc1ccc(/C=C/C(=O)Nc2cccc(CN3CCCC3=O)c2)cc1. The molecule has 3 rings (SSSR count). The number of carbonyl (C=O) groups excluding carboxylic acids is 2. The average Bonchev–Trinajstić information content (AvgIpc) is 3.10. The minimum Gasteiger partial charge on any atom is -0.479 e. The van der Waals surface area contributed by atoms with Crippen LogP contribution in [0.2, 0.25) is 0 Å². The molecule has 1 N–H and O–H groups in total. The van der Waals surface area contributed by atoms with E-state index in [0.717, 1.165) is 24.1 Å². The van der Waals surface area contributed by atoms with Crippen LogP contribution >= 0.6 is 0 Å². The molecule has 28 heavy (non-hydrogen) atoms. The second kappa shape index (κ2) is 9.38. The molecule has 1 aliphatic rings. The van der Waals surface area contributed by atoms with Crippen molar-refractivity contribution >= 4 is 23.6 Å². The van der Waals surface area contributed by atoms with E-state index in [1.54, 1.807) is 18.2 Å². The van der Waals surface area contributed by atoms with Crippen LogP contribution < -0.4 is 10.1 Å². The van der Waals surface area contributed by atoms with Crippen molar-refractivity contribution in [3.63, 3.8) is 0 Å². The number of likely N-dealkylation sites (tertiary alicyclic amines) is 1. The molecule has 2 aromatic rings. The average molecular weight is 375 g/mol. The van der Waals surface area contributed by atoms with Crippen molar-refractivity contribution in [1.29, 1.82) is 5.26 Å². The summed E-state index contributed by atoms with van der Waals surface area (Å²) in [5, 5.41) is 11.3. The zero-order valence-corrected chi connectivity index (χ0v) is 15.4. The molecule has 0 radical (unpaired) electrons. The fourth-order valence-electron chi connectivity index (χ4n) is 2.99. The molecule has 6 heteroatoms. The lowest BCUT2D eigenvalue weighted by atomic mass is 10.2. The molecule has 0 aromatic heterocycles. The number of anilines is 1. The topological polar surface area (TPSA) is 82.4 Å². The maximum absolute atomic E-state index is 12.2. The Morgan fingerprint density at radius 2 is 2.07 bits per heavy atom. The first-order valence-electron chi connectivity index (χ1n) is 9.09. The van der Waals surface area contributed by atoms with E-state index in [4.69, 9.17) is 10.00 Å². The fraction of sp³-hybridized carbons (Fsp3) is 0.227. The van der Waals surface area contributed by atoms with Gasteiger partial charge in [-0.05, 0) is 47.9 Å². The molecule has 0 saturated carbocycles. The van der Waals surface area contributed by atoms with Gasteiger partial charge in [0.2, 0.25) is 11.8 Å². The van der Waals surface area contributed by atoms with E-state index < -0.39 is 0 Å². The zero-order chi connectivity index (χ0) is 19.8. The number of hydrogen-bond acceptors (Lipinski definition) is 4. The predicted octanol–water partition coefficient (Wildman–Crippen LogP) is 3.36. The monoisotopic (exact) mass is 375 g/mol. The highest BCUT2D eigenvalue weighted by Gasteiger charge is 2.19. The fourth-order valence-corrected chi connectivity index (χ4v) is 2.99. The molecule has 0 aliphatic carbocycles. The largest absolute Gasteiger partial charge is 0.479 e. The third-order valence-corrected chi connectivity index (χ3v) is 4.35. The highest BCUT2D eigenvalue weighted by Crippen LogP contribution is 2.17. The first-order chi connectivity index (χ1) is 13.6. The normalized spacial score (nSPS) is 13.5. The lowest BCUT2D eigenvalue weighted by Crippen LogP contribution is -2.23. The van der Waals surface area contributed by atoms with Crippen LogP contribution in [0.15, 0.2) is 54.6 Å². The quantitative estimate of drug-likeness (QED) is 0.752. The summed E-state index contributed by atoms with van der Waals surface area (Å²) in [7, 11) is 0. The van der Waals surface area contributed by atoms with Crippen LogP contribution in [0.5, 0.6) is 5.75 Å². The molecule has 1 aliphatic heterocycles. The van der Waals surface area contributed by atoms with E-state index in [-0.39, 0.29) is 18.4 Å². The van der Waals surface area contributed by atoms with E-state index >= 15 is 0 Å². The highest BCUT2D eigenvalue weighted by atomic mass is 16.5. The number of rotatable bonds is 7. The van der Waals surface area contributed by atoms with Gasteiger partial charge in [0.15, 0.2) is 6.61 Å². The van der Waals surface area contributed by atoms with Crippen LogP contribution in [0.1, 0.15) is 24.0 Å². The Morgan fingerprint density at radius 3 is 2.79 bits per heavy atom. The summed E-state index contributed by atoms with van der Waals surface area (Å²) in [6.45, 7) is 1.36. The van der Waals surface area contributed by atoms with E-state index in [9.17, 15) is 9.59 Å². The van der Waals surface area contributed by atoms with Gasteiger partial charge in [0.1, 0.15) is 11.8 Å². The third kappa shape index (κ3) is 5.45. The number of nitrogens with zero attached hydrogens (tertiary/aromatic N) is 2. The molecule has 0 unspecified atom stereocenters. The lowest BCUT2D eigenvalue weighted by Gasteiger charge is -2.16. The number of carbonyl (C=O) groups is 2. The third-order valence-electron chi connectivity index (χ3n) is 4.35. The predicted molar refractivity (Wildman–Crippen MR) is 106 cm³/mol. The maximum atomic E-state index is 12.2. The van der Waals surface area contributed by atoms with E-state index in [0.29, 0.717) is 24.4 Å². The molecule has 142 valence electrons. The van der Waals surface area contributed by atoms with Gasteiger partial charge >= 0.3 is 0 Å². The van der Waals surface area contributed by atoms with Gasteiger partial charge in [-0.1, -0.05) is 24.3 Å². The Balaban J connectivity index is 1.55. The Hall–Kier alpha value is -3.59. The van der Waals surface area contributed by atoms with Crippen molar-refractivity contribution in [2.24, 2.45) is 0 Å². The van der Waals surface area contributed by atoms with Gasteiger partial charge in [0, 0.05) is 31.3 Å². The highest BCUT2D eigenvalue weighted by molar-refractivity contribution is 6.01. The standard InChI is InChI=1S/C22H21N3O3/c23-12-14-28-20-9-6-17(7-10-20)8-11-21(26)24-19-4-1-3-18(15-19)16-25-13-2-5-22(25)27/h1,3-4,6-11,15H,2,5,13-14,16H2,(H,24,26)/b11-8+. The number of nitriles is 1. The summed E-state index contributed by atoms with van der Waals surface area (Å²) < 4.78 is 5.19. The summed E-state index contributed by atoms with van der Waals surface area (Å²) in [5.41, 5.74) is 2.53. The molecule has 1 saturated heterocycles. The molecular weight excluding hydrogens is 354 g/mol. The van der Waals surface area contributed by atoms with E-state index in [1.807, 2.05) is 47.4 Å². The maximum Gasteiger partial charge on any atom is 0.248 e. The van der Waals surface area contributed by atoms with Crippen molar-refractivity contribution in [2.45, 2.75) is 19.4 Å². The van der Waals surface area contributed by atoms with Gasteiger partial charge in [-0.2, -0.15) is 5.26 Å². The molecule has 2 amide bonds. The summed E-state index contributed by atoms with van der Waals surface area (Å²) in [4.78, 5) is 25.8. The first-order valence-corrected chi connectivity index (χ1v) is 9.09. The lowest BCUT2D eigenvalue weighted by molar-refractivity contribution is -0.128. The van der Waals surface area contributed by atoms with Gasteiger partial charge in [0.25, 0.3) is 0 Å². The molecule has 6 nitrogen and oxygen atoms in total. The van der Waals surface area contributed by atoms with Gasteiger partial charge in [-0.3, -0.25) is 9.59 Å². The Morgan fingerprint density at radius 1 is 1.25 bits per heavy atom. The summed E-state index contributed by atoms with van der Waals surface area (Å²) >= 11 is 0. The van der Waals surface area contributed by atoms with Crippen molar-refractivity contribution in [3.8, 4) is 11.8 Å². The summed E-state index contributed by atoms with van der Waals surface area (Å²) in [6.07, 6.45) is 4.69. The molecule has 0 spiro atoms. The summed E-state index contributed by atoms with van der Waals surface area (Å²) in [5.74, 6) is 0.553. The van der Waals surface area contributed by atoms with Gasteiger partial charge in [-0.15, -0.1) is 0 Å². The summed E-state index contributed by atoms with van der Waals surface area (Å²) in [6, 6.07) is 16.6. The molecule has 1 fully saturated rings. The van der Waals surface area contributed by atoms with Gasteiger partial charge in [-0.25, -0.2) is 0 Å². The van der Waals surface area contributed by atoms with E-state index in [1.165, 1.54) is 6.08 Å². The van der Waals surface area contributed by atoms with Crippen LogP contribution in [0.25, 0.3) is 6.08 Å². The Labute approximate surface area is 164 Å². The van der Waals surface area contributed by atoms with Crippen molar-refractivity contribution in [3.05, 3.63) is 65.7 Å². The van der Waals surface area contributed by atoms with Crippen LogP contribution in [0.3, 0.4) is 0 Å². The van der Waals surface area contributed by atoms with Crippen molar-refractivity contribution in [2.75, 3.05) is 18.5 Å². The smallest absolute Gasteiger partial charge is 0.248 e. The number of ether oxygens (including phenoxy) is 1. The second-order valence-corrected chi connectivity index (χ2v) is 6.46. The van der Waals surface area contributed by atoms with Crippen molar-refractivity contribution in [1.82, 2.24) is 4.90 Å². The number of benzene rings is 2.